The van der Waals surface area contributed by atoms with Crippen molar-refractivity contribution in [1.82, 2.24) is 9.80 Å². The molecule has 0 spiro atoms. The zero-order valence-electron chi connectivity index (χ0n) is 20.3. The van der Waals surface area contributed by atoms with Gasteiger partial charge >= 0.3 is 0 Å². The SMILES string of the molecule is CCO[C@@H]1OC(C(=O)N2CCC(N3CCCCC3)CC2)=C[C@H](c2ccc(Cl)cc2)[C@H]1CCCO. The quantitative estimate of drug-likeness (QED) is 0.578. The molecule has 0 unspecified atom stereocenters. The molecular formula is C27H39ClN2O4. The lowest BCUT2D eigenvalue weighted by atomic mass is 9.80. The smallest absolute Gasteiger partial charge is 0.288 e. The van der Waals surface area contributed by atoms with Gasteiger partial charge in [0.05, 0.1) is 0 Å². The van der Waals surface area contributed by atoms with Crippen molar-refractivity contribution in [2.24, 2.45) is 5.92 Å². The van der Waals surface area contributed by atoms with Gasteiger partial charge in [-0.3, -0.25) is 4.79 Å². The molecule has 0 aliphatic carbocycles. The summed E-state index contributed by atoms with van der Waals surface area (Å²) in [6.07, 6.45) is 8.82. The molecule has 1 amide bonds. The van der Waals surface area contributed by atoms with Crippen molar-refractivity contribution in [3.05, 3.63) is 46.7 Å². The molecule has 4 rings (SSSR count). The maximum absolute atomic E-state index is 13.5. The van der Waals surface area contributed by atoms with Crippen molar-refractivity contribution in [2.75, 3.05) is 39.4 Å². The van der Waals surface area contributed by atoms with E-state index >= 15 is 0 Å². The van der Waals surface area contributed by atoms with Crippen molar-refractivity contribution in [3.8, 4) is 0 Å². The van der Waals surface area contributed by atoms with Crippen LogP contribution in [0, 0.1) is 5.92 Å². The fourth-order valence-electron chi connectivity index (χ4n) is 5.70. The summed E-state index contributed by atoms with van der Waals surface area (Å²) in [4.78, 5) is 18.1. The third kappa shape index (κ3) is 6.14. The lowest BCUT2D eigenvalue weighted by Crippen LogP contribution is -2.49. The van der Waals surface area contributed by atoms with Gasteiger partial charge in [0.15, 0.2) is 5.76 Å². The van der Waals surface area contributed by atoms with Gasteiger partial charge in [-0.15, -0.1) is 0 Å². The molecule has 188 valence electrons. The zero-order valence-corrected chi connectivity index (χ0v) is 21.1. The van der Waals surface area contributed by atoms with Gasteiger partial charge < -0.3 is 24.4 Å². The van der Waals surface area contributed by atoms with Gasteiger partial charge in [-0.1, -0.05) is 30.2 Å². The fourth-order valence-corrected chi connectivity index (χ4v) is 5.82. The molecule has 3 atom stereocenters. The molecule has 2 fully saturated rings. The summed E-state index contributed by atoms with van der Waals surface area (Å²) < 4.78 is 12.2. The number of halogens is 1. The standard InChI is InChI=1S/C27H39ClN2O4/c1-2-33-27-23(7-6-18-31)24(20-8-10-21(28)11-9-20)19-25(34-27)26(32)30-16-12-22(13-17-30)29-14-4-3-5-15-29/h8-11,19,22-24,27,31H,2-7,12-18H2,1H3/t23-,24-,27-/m1/s1. The van der Waals surface area contributed by atoms with Crippen molar-refractivity contribution in [1.29, 1.82) is 0 Å². The first kappa shape index (κ1) is 25.5. The Morgan fingerprint density at radius 2 is 1.82 bits per heavy atom. The number of likely N-dealkylation sites (tertiary alicyclic amines) is 2. The third-order valence-corrected chi connectivity index (χ3v) is 7.79. The number of carbonyl (C=O) groups is 1. The summed E-state index contributed by atoms with van der Waals surface area (Å²) in [6, 6.07) is 8.37. The predicted molar refractivity (Wildman–Crippen MR) is 134 cm³/mol. The number of benzene rings is 1. The Labute approximate surface area is 208 Å². The molecule has 0 saturated carbocycles. The van der Waals surface area contributed by atoms with E-state index in [9.17, 15) is 9.90 Å². The zero-order chi connectivity index (χ0) is 23.9. The second-order valence-corrected chi connectivity index (χ2v) is 10.1. The summed E-state index contributed by atoms with van der Waals surface area (Å²) >= 11 is 6.14. The van der Waals surface area contributed by atoms with Crippen molar-refractivity contribution >= 4 is 17.5 Å². The van der Waals surface area contributed by atoms with E-state index in [4.69, 9.17) is 21.1 Å². The van der Waals surface area contributed by atoms with Crippen LogP contribution in [-0.2, 0) is 14.3 Å². The molecule has 7 heteroatoms. The number of nitrogens with zero attached hydrogens (tertiary/aromatic N) is 2. The number of amides is 1. The van der Waals surface area contributed by atoms with Gasteiger partial charge in [-0.2, -0.15) is 0 Å². The average molecular weight is 491 g/mol. The molecule has 3 heterocycles. The highest BCUT2D eigenvalue weighted by atomic mass is 35.5. The van der Waals surface area contributed by atoms with Crippen LogP contribution in [0.15, 0.2) is 36.1 Å². The molecule has 0 aromatic heterocycles. The van der Waals surface area contributed by atoms with E-state index in [1.54, 1.807) is 0 Å². The van der Waals surface area contributed by atoms with E-state index in [2.05, 4.69) is 4.90 Å². The van der Waals surface area contributed by atoms with Gasteiger partial charge in [0, 0.05) is 49.2 Å². The summed E-state index contributed by atoms with van der Waals surface area (Å²) in [5.74, 6) is 0.310. The van der Waals surface area contributed by atoms with Gasteiger partial charge in [-0.25, -0.2) is 0 Å². The number of aliphatic hydroxyl groups is 1. The minimum atomic E-state index is -0.521. The van der Waals surface area contributed by atoms with E-state index in [-0.39, 0.29) is 24.3 Å². The molecule has 0 radical (unpaired) electrons. The first-order valence-corrected chi connectivity index (χ1v) is 13.4. The number of allylic oxidation sites excluding steroid dienone is 1. The molecule has 3 aliphatic rings. The normalized spacial score (nSPS) is 26.7. The number of rotatable bonds is 8. The first-order valence-electron chi connectivity index (χ1n) is 13.0. The number of ether oxygens (including phenoxy) is 2. The Hall–Kier alpha value is -1.60. The molecular weight excluding hydrogens is 452 g/mol. The van der Waals surface area contributed by atoms with E-state index in [0.717, 1.165) is 37.9 Å². The maximum atomic E-state index is 13.5. The molecule has 2 saturated heterocycles. The van der Waals surface area contributed by atoms with Gasteiger partial charge in [0.1, 0.15) is 0 Å². The number of aliphatic hydroxyl groups excluding tert-OH is 1. The summed E-state index contributed by atoms with van der Waals surface area (Å²) in [5.41, 5.74) is 1.08. The van der Waals surface area contributed by atoms with Crippen molar-refractivity contribution in [2.45, 2.75) is 70.1 Å². The van der Waals surface area contributed by atoms with Crippen LogP contribution in [0.3, 0.4) is 0 Å². The molecule has 0 bridgehead atoms. The molecule has 34 heavy (non-hydrogen) atoms. The number of hydrogen-bond acceptors (Lipinski definition) is 5. The largest absolute Gasteiger partial charge is 0.459 e. The van der Waals surface area contributed by atoms with Crippen LogP contribution in [0.1, 0.15) is 63.4 Å². The second-order valence-electron chi connectivity index (χ2n) is 9.70. The minimum absolute atomic E-state index is 0.00895. The van der Waals surface area contributed by atoms with Crippen molar-refractivity contribution in [3.63, 3.8) is 0 Å². The molecule has 1 N–H and O–H groups in total. The average Bonchev–Trinajstić information content (AvgIpc) is 2.88. The van der Waals surface area contributed by atoms with Crippen LogP contribution in [0.2, 0.25) is 5.02 Å². The van der Waals surface area contributed by atoms with Gasteiger partial charge in [0.2, 0.25) is 6.29 Å². The van der Waals surface area contributed by atoms with E-state index in [0.29, 0.717) is 29.9 Å². The Morgan fingerprint density at radius 1 is 1.12 bits per heavy atom. The third-order valence-electron chi connectivity index (χ3n) is 7.54. The predicted octanol–water partition coefficient (Wildman–Crippen LogP) is 4.57. The Morgan fingerprint density at radius 3 is 2.47 bits per heavy atom. The Bertz CT molecular complexity index is 816. The van der Waals surface area contributed by atoms with Gasteiger partial charge in [-0.05, 0) is 82.3 Å². The van der Waals surface area contributed by atoms with Crippen LogP contribution in [0.25, 0.3) is 0 Å². The summed E-state index contributed by atoms with van der Waals surface area (Å²) in [7, 11) is 0. The fraction of sp³-hybridized carbons (Fsp3) is 0.667. The lowest BCUT2D eigenvalue weighted by molar-refractivity contribution is -0.171. The number of carbonyl (C=O) groups excluding carboxylic acids is 1. The lowest BCUT2D eigenvalue weighted by Gasteiger charge is -2.41. The summed E-state index contributed by atoms with van der Waals surface area (Å²) in [6.45, 7) is 6.47. The molecule has 6 nitrogen and oxygen atoms in total. The minimum Gasteiger partial charge on any atom is -0.459 e. The highest BCUT2D eigenvalue weighted by Crippen LogP contribution is 2.40. The van der Waals surface area contributed by atoms with E-state index < -0.39 is 6.29 Å². The van der Waals surface area contributed by atoms with E-state index in [1.165, 1.54) is 32.4 Å². The maximum Gasteiger partial charge on any atom is 0.288 e. The second kappa shape index (κ2) is 12.4. The Kier molecular flexibility index (Phi) is 9.29. The summed E-state index contributed by atoms with van der Waals surface area (Å²) in [5, 5.41) is 10.1. The van der Waals surface area contributed by atoms with Gasteiger partial charge in [0.25, 0.3) is 5.91 Å². The van der Waals surface area contributed by atoms with E-state index in [1.807, 2.05) is 42.2 Å². The molecule has 3 aliphatic heterocycles. The number of hydrogen-bond donors (Lipinski definition) is 1. The van der Waals surface area contributed by atoms with Crippen LogP contribution in [0.4, 0.5) is 0 Å². The highest BCUT2D eigenvalue weighted by molar-refractivity contribution is 6.30. The van der Waals surface area contributed by atoms with Crippen LogP contribution < -0.4 is 0 Å². The highest BCUT2D eigenvalue weighted by Gasteiger charge is 2.39. The topological polar surface area (TPSA) is 62.2 Å². The molecule has 1 aromatic carbocycles. The van der Waals surface area contributed by atoms with Crippen LogP contribution in [-0.4, -0.2) is 72.5 Å². The Balaban J connectivity index is 1.51. The molecule has 1 aromatic rings. The monoisotopic (exact) mass is 490 g/mol. The van der Waals surface area contributed by atoms with Crippen molar-refractivity contribution < 1.29 is 19.4 Å². The van der Waals surface area contributed by atoms with Crippen LogP contribution >= 0.6 is 11.6 Å². The number of piperidine rings is 2. The first-order chi connectivity index (χ1) is 16.6. The van der Waals surface area contributed by atoms with Crippen LogP contribution in [0.5, 0.6) is 0 Å².